The van der Waals surface area contributed by atoms with Crippen LogP contribution in [0, 0.1) is 20.8 Å². The minimum atomic E-state index is 0.135. The van der Waals surface area contributed by atoms with Crippen molar-refractivity contribution < 1.29 is 0 Å². The Kier molecular flexibility index (Phi) is 5.22. The van der Waals surface area contributed by atoms with Crippen LogP contribution in [0.15, 0.2) is 12.1 Å². The van der Waals surface area contributed by atoms with Crippen LogP contribution in [0.2, 0.25) is 0 Å². The third kappa shape index (κ3) is 3.42. The predicted molar refractivity (Wildman–Crippen MR) is 87.1 cm³/mol. The second-order valence-electron chi connectivity index (χ2n) is 6.44. The number of hydrogen-bond acceptors (Lipinski definition) is 2. The highest BCUT2D eigenvalue weighted by Crippen LogP contribution is 2.27. The molecule has 2 N–H and O–H groups in total. The van der Waals surface area contributed by atoms with Crippen LogP contribution in [0.4, 0.5) is 0 Å². The standard InChI is InChI=1S/C18H30N2/c1-5-20(16-8-6-7-9-16)12-17(19)18-14(3)10-13(2)11-15(18)4/h10-11,16-17H,5-9,12,19H2,1-4H3. The molecule has 20 heavy (non-hydrogen) atoms. The van der Waals surface area contributed by atoms with E-state index in [1.165, 1.54) is 47.9 Å². The number of rotatable bonds is 5. The zero-order valence-electron chi connectivity index (χ0n) is 13.6. The summed E-state index contributed by atoms with van der Waals surface area (Å²) in [6, 6.07) is 5.41. The SMILES string of the molecule is CCN(CC(N)c1c(C)cc(C)cc1C)C1CCCC1. The van der Waals surface area contributed by atoms with Gasteiger partial charge in [-0.3, -0.25) is 4.90 Å². The molecule has 0 spiro atoms. The van der Waals surface area contributed by atoms with Gasteiger partial charge >= 0.3 is 0 Å². The van der Waals surface area contributed by atoms with Gasteiger partial charge in [-0.15, -0.1) is 0 Å². The van der Waals surface area contributed by atoms with E-state index in [1.54, 1.807) is 0 Å². The van der Waals surface area contributed by atoms with Crippen LogP contribution in [0.1, 0.15) is 60.9 Å². The van der Waals surface area contributed by atoms with Gasteiger partial charge in [-0.25, -0.2) is 0 Å². The van der Waals surface area contributed by atoms with Crippen LogP contribution in [0.5, 0.6) is 0 Å². The summed E-state index contributed by atoms with van der Waals surface area (Å²) < 4.78 is 0. The van der Waals surface area contributed by atoms with Crippen molar-refractivity contribution in [1.29, 1.82) is 0 Å². The van der Waals surface area contributed by atoms with Crippen molar-refractivity contribution in [2.24, 2.45) is 5.73 Å². The van der Waals surface area contributed by atoms with Crippen molar-refractivity contribution in [3.63, 3.8) is 0 Å². The van der Waals surface area contributed by atoms with E-state index in [-0.39, 0.29) is 6.04 Å². The fourth-order valence-electron chi connectivity index (χ4n) is 3.93. The Hall–Kier alpha value is -0.860. The average molecular weight is 274 g/mol. The second kappa shape index (κ2) is 6.73. The summed E-state index contributed by atoms with van der Waals surface area (Å²) in [6.07, 6.45) is 5.48. The summed E-state index contributed by atoms with van der Waals surface area (Å²) >= 11 is 0. The lowest BCUT2D eigenvalue weighted by Crippen LogP contribution is -2.39. The zero-order chi connectivity index (χ0) is 14.7. The Morgan fingerprint density at radius 1 is 1.15 bits per heavy atom. The molecule has 0 heterocycles. The van der Waals surface area contributed by atoms with Crippen LogP contribution < -0.4 is 5.73 Å². The van der Waals surface area contributed by atoms with Crippen LogP contribution in [0.3, 0.4) is 0 Å². The topological polar surface area (TPSA) is 29.3 Å². The van der Waals surface area contributed by atoms with E-state index in [0.29, 0.717) is 0 Å². The number of nitrogens with zero attached hydrogens (tertiary/aromatic N) is 1. The molecule has 2 rings (SSSR count). The van der Waals surface area contributed by atoms with Crippen LogP contribution in [-0.2, 0) is 0 Å². The molecule has 1 atom stereocenters. The van der Waals surface area contributed by atoms with Gasteiger partial charge in [0.2, 0.25) is 0 Å². The van der Waals surface area contributed by atoms with Crippen molar-refractivity contribution in [3.8, 4) is 0 Å². The summed E-state index contributed by atoms with van der Waals surface area (Å²) in [5.74, 6) is 0. The van der Waals surface area contributed by atoms with E-state index in [0.717, 1.165) is 19.1 Å². The predicted octanol–water partition coefficient (Wildman–Crippen LogP) is 3.88. The highest BCUT2D eigenvalue weighted by molar-refractivity contribution is 5.39. The molecule has 0 amide bonds. The normalized spacial score (nSPS) is 17.9. The van der Waals surface area contributed by atoms with Gasteiger partial charge in [0.05, 0.1) is 0 Å². The Balaban J connectivity index is 2.12. The van der Waals surface area contributed by atoms with Crippen molar-refractivity contribution in [3.05, 3.63) is 34.4 Å². The first-order valence-corrected chi connectivity index (χ1v) is 8.10. The summed E-state index contributed by atoms with van der Waals surface area (Å²) in [5, 5.41) is 0. The molecule has 2 nitrogen and oxygen atoms in total. The highest BCUT2D eigenvalue weighted by Gasteiger charge is 2.24. The third-order valence-electron chi connectivity index (χ3n) is 4.79. The van der Waals surface area contributed by atoms with Crippen LogP contribution >= 0.6 is 0 Å². The Morgan fingerprint density at radius 3 is 2.20 bits per heavy atom. The van der Waals surface area contributed by atoms with Gasteiger partial charge in [0.15, 0.2) is 0 Å². The summed E-state index contributed by atoms with van der Waals surface area (Å²) in [5.41, 5.74) is 11.9. The first kappa shape index (κ1) is 15.5. The average Bonchev–Trinajstić information content (AvgIpc) is 2.88. The van der Waals surface area contributed by atoms with Gasteiger partial charge in [0, 0.05) is 18.6 Å². The number of hydrogen-bond donors (Lipinski definition) is 1. The molecule has 0 bridgehead atoms. The van der Waals surface area contributed by atoms with E-state index < -0.39 is 0 Å². The highest BCUT2D eigenvalue weighted by atomic mass is 15.2. The Morgan fingerprint density at radius 2 is 1.70 bits per heavy atom. The molecule has 1 fully saturated rings. The zero-order valence-corrected chi connectivity index (χ0v) is 13.6. The number of benzene rings is 1. The van der Waals surface area contributed by atoms with E-state index in [9.17, 15) is 0 Å². The summed E-state index contributed by atoms with van der Waals surface area (Å²) in [6.45, 7) is 10.9. The fourth-order valence-corrected chi connectivity index (χ4v) is 3.93. The van der Waals surface area contributed by atoms with Crippen molar-refractivity contribution >= 4 is 0 Å². The third-order valence-corrected chi connectivity index (χ3v) is 4.79. The molecule has 1 aromatic carbocycles. The van der Waals surface area contributed by atoms with E-state index >= 15 is 0 Å². The molecule has 2 heteroatoms. The molecule has 1 aromatic rings. The van der Waals surface area contributed by atoms with E-state index in [4.69, 9.17) is 5.73 Å². The first-order valence-electron chi connectivity index (χ1n) is 8.10. The maximum Gasteiger partial charge on any atom is 0.0429 e. The molecule has 0 aliphatic heterocycles. The quantitative estimate of drug-likeness (QED) is 0.883. The lowest BCUT2D eigenvalue weighted by atomic mass is 9.94. The van der Waals surface area contributed by atoms with Gasteiger partial charge in [-0.1, -0.05) is 37.5 Å². The summed E-state index contributed by atoms with van der Waals surface area (Å²) in [4.78, 5) is 2.59. The number of nitrogens with two attached hydrogens (primary N) is 1. The van der Waals surface area contributed by atoms with Crippen LogP contribution in [-0.4, -0.2) is 24.0 Å². The maximum atomic E-state index is 6.55. The lowest BCUT2D eigenvalue weighted by molar-refractivity contribution is 0.196. The molecule has 0 radical (unpaired) electrons. The van der Waals surface area contributed by atoms with Gasteiger partial charge in [-0.2, -0.15) is 0 Å². The monoisotopic (exact) mass is 274 g/mol. The summed E-state index contributed by atoms with van der Waals surface area (Å²) in [7, 11) is 0. The van der Waals surface area contributed by atoms with E-state index in [1.807, 2.05) is 0 Å². The number of aryl methyl sites for hydroxylation is 3. The largest absolute Gasteiger partial charge is 0.323 e. The van der Waals surface area contributed by atoms with Crippen LogP contribution in [0.25, 0.3) is 0 Å². The number of likely N-dealkylation sites (N-methyl/N-ethyl adjacent to an activating group) is 1. The maximum absolute atomic E-state index is 6.55. The van der Waals surface area contributed by atoms with Crippen molar-refractivity contribution in [2.45, 2.75) is 65.5 Å². The fraction of sp³-hybridized carbons (Fsp3) is 0.667. The van der Waals surface area contributed by atoms with Gasteiger partial charge in [0.25, 0.3) is 0 Å². The molecule has 0 aromatic heterocycles. The van der Waals surface area contributed by atoms with Crippen molar-refractivity contribution in [1.82, 2.24) is 4.90 Å². The van der Waals surface area contributed by atoms with Gasteiger partial charge < -0.3 is 5.73 Å². The molecule has 1 aliphatic carbocycles. The Labute approximate surface area is 124 Å². The molecule has 112 valence electrons. The Bertz CT molecular complexity index is 424. The van der Waals surface area contributed by atoms with Gasteiger partial charge in [0.1, 0.15) is 0 Å². The first-order chi connectivity index (χ1) is 9.52. The molecule has 1 aliphatic rings. The van der Waals surface area contributed by atoms with Gasteiger partial charge in [-0.05, 0) is 56.8 Å². The molecule has 0 saturated heterocycles. The molecular formula is C18H30N2. The second-order valence-corrected chi connectivity index (χ2v) is 6.44. The minimum Gasteiger partial charge on any atom is -0.323 e. The lowest BCUT2D eigenvalue weighted by Gasteiger charge is -2.31. The van der Waals surface area contributed by atoms with E-state index in [2.05, 4.69) is 44.7 Å². The van der Waals surface area contributed by atoms with Crippen molar-refractivity contribution in [2.75, 3.05) is 13.1 Å². The minimum absolute atomic E-state index is 0.135. The molecule has 1 saturated carbocycles. The molecule has 1 unspecified atom stereocenters. The molecular weight excluding hydrogens is 244 g/mol. The smallest absolute Gasteiger partial charge is 0.0429 e.